The molecule has 0 radical (unpaired) electrons. The third-order valence-electron chi connectivity index (χ3n) is 10.2. The summed E-state index contributed by atoms with van der Waals surface area (Å²) in [6.07, 6.45) is 10.5. The van der Waals surface area contributed by atoms with Gasteiger partial charge in [-0.05, 0) is 97.3 Å². The first kappa shape index (κ1) is 26.1. The highest BCUT2D eigenvalue weighted by Crippen LogP contribution is 2.66. The summed E-state index contributed by atoms with van der Waals surface area (Å²) in [6, 6.07) is 10.3. The molecular weight excluding hydrogens is 481 g/mol. The summed E-state index contributed by atoms with van der Waals surface area (Å²) in [7, 11) is 0. The first-order valence-corrected chi connectivity index (χ1v) is 14.2. The quantitative estimate of drug-likeness (QED) is 0.279. The molecule has 0 saturated heterocycles. The van der Waals surface area contributed by atoms with Crippen LogP contribution in [0.4, 0.5) is 13.2 Å². The van der Waals surface area contributed by atoms with Gasteiger partial charge in [-0.25, -0.2) is 0 Å². The highest BCUT2D eigenvalue weighted by Gasteiger charge is 2.60. The lowest BCUT2D eigenvalue weighted by Crippen LogP contribution is -2.51. The predicted molar refractivity (Wildman–Crippen MR) is 138 cm³/mol. The van der Waals surface area contributed by atoms with Crippen molar-refractivity contribution in [1.29, 1.82) is 0 Å². The van der Waals surface area contributed by atoms with Crippen LogP contribution in [-0.2, 0) is 16.1 Å². The number of halogens is 3. The SMILES string of the molecule is C=C(SC(F)(F)F)C(=O)C1CC[C@H]2[C@@H]3CC=C4C[C@@H](OCc5ccccc5)CC[C@]4(C)[C@H]3CC[C@]12C. The molecule has 0 aliphatic heterocycles. The van der Waals surface area contributed by atoms with E-state index in [1.807, 2.05) is 18.2 Å². The fourth-order valence-corrected chi connectivity index (χ4v) is 8.90. The number of fused-ring (bicyclic) bond motifs is 5. The van der Waals surface area contributed by atoms with Crippen LogP contribution >= 0.6 is 11.8 Å². The molecule has 0 spiro atoms. The van der Waals surface area contributed by atoms with Gasteiger partial charge in [-0.3, -0.25) is 4.79 Å². The van der Waals surface area contributed by atoms with Gasteiger partial charge in [0.25, 0.3) is 0 Å². The lowest BCUT2D eigenvalue weighted by molar-refractivity contribution is -0.125. The summed E-state index contributed by atoms with van der Waals surface area (Å²) in [5.74, 6) is 0.740. The van der Waals surface area contributed by atoms with Crippen LogP contribution < -0.4 is 0 Å². The van der Waals surface area contributed by atoms with Crippen molar-refractivity contribution in [1.82, 2.24) is 0 Å². The molecule has 7 atom stereocenters. The van der Waals surface area contributed by atoms with Gasteiger partial charge in [0.2, 0.25) is 0 Å². The molecule has 196 valence electrons. The van der Waals surface area contributed by atoms with Crippen molar-refractivity contribution >= 4 is 17.5 Å². The zero-order valence-electron chi connectivity index (χ0n) is 21.3. The van der Waals surface area contributed by atoms with Gasteiger partial charge in [0.1, 0.15) is 0 Å². The highest BCUT2D eigenvalue weighted by atomic mass is 32.2. The normalized spacial score (nSPS) is 37.9. The molecule has 36 heavy (non-hydrogen) atoms. The number of alkyl halides is 3. The Balaban J connectivity index is 1.28. The van der Waals surface area contributed by atoms with Gasteiger partial charge in [-0.15, -0.1) is 0 Å². The molecule has 0 aromatic heterocycles. The highest BCUT2D eigenvalue weighted by molar-refractivity contribution is 8.04. The van der Waals surface area contributed by atoms with Crippen LogP contribution in [0.5, 0.6) is 0 Å². The Hall–Kier alpha value is -1.53. The molecule has 0 amide bonds. The summed E-state index contributed by atoms with van der Waals surface area (Å²) < 4.78 is 45.0. The van der Waals surface area contributed by atoms with E-state index in [0.29, 0.717) is 30.8 Å². The molecule has 5 rings (SSSR count). The molecule has 4 aliphatic carbocycles. The molecule has 1 unspecified atom stereocenters. The van der Waals surface area contributed by atoms with E-state index in [4.69, 9.17) is 4.74 Å². The molecule has 6 heteroatoms. The number of hydrogen-bond donors (Lipinski definition) is 0. The first-order chi connectivity index (χ1) is 17.0. The smallest absolute Gasteiger partial charge is 0.373 e. The number of thioether (sulfide) groups is 1. The number of carbonyl (C=O) groups is 1. The van der Waals surface area contributed by atoms with E-state index in [-0.39, 0.29) is 45.3 Å². The minimum absolute atomic E-state index is 0.161. The summed E-state index contributed by atoms with van der Waals surface area (Å²) in [6.45, 7) is 8.77. The van der Waals surface area contributed by atoms with Gasteiger partial charge >= 0.3 is 5.51 Å². The maximum absolute atomic E-state index is 13.1. The van der Waals surface area contributed by atoms with Crippen molar-refractivity contribution in [3.05, 3.63) is 59.0 Å². The summed E-state index contributed by atoms with van der Waals surface area (Å²) in [5, 5.41) is 0. The van der Waals surface area contributed by atoms with Crippen molar-refractivity contribution in [3.63, 3.8) is 0 Å². The van der Waals surface area contributed by atoms with E-state index in [0.717, 1.165) is 44.9 Å². The van der Waals surface area contributed by atoms with Gasteiger partial charge in [-0.2, -0.15) is 13.2 Å². The number of hydrogen-bond acceptors (Lipinski definition) is 3. The molecule has 0 bridgehead atoms. The molecule has 2 nitrogen and oxygen atoms in total. The predicted octanol–water partition coefficient (Wildman–Crippen LogP) is 8.49. The minimum atomic E-state index is -4.47. The Morgan fingerprint density at radius 3 is 2.56 bits per heavy atom. The lowest BCUT2D eigenvalue weighted by atomic mass is 9.47. The molecule has 1 aromatic rings. The number of ether oxygens (including phenoxy) is 1. The largest absolute Gasteiger partial charge is 0.446 e. The van der Waals surface area contributed by atoms with Crippen LogP contribution in [0.25, 0.3) is 0 Å². The molecule has 4 aliphatic rings. The second-order valence-corrected chi connectivity index (χ2v) is 13.1. The van der Waals surface area contributed by atoms with Gasteiger partial charge in [0.05, 0.1) is 17.6 Å². The van der Waals surface area contributed by atoms with Crippen molar-refractivity contribution in [2.45, 2.75) is 83.4 Å². The summed E-state index contributed by atoms with van der Waals surface area (Å²) in [5.41, 5.74) is -1.79. The Labute approximate surface area is 217 Å². The van der Waals surface area contributed by atoms with Crippen LogP contribution in [0, 0.1) is 34.5 Å². The molecule has 0 heterocycles. The van der Waals surface area contributed by atoms with Crippen LogP contribution in [0.15, 0.2) is 53.5 Å². The van der Waals surface area contributed by atoms with E-state index >= 15 is 0 Å². The number of benzene rings is 1. The monoisotopic (exact) mass is 518 g/mol. The average Bonchev–Trinajstić information content (AvgIpc) is 3.19. The zero-order valence-corrected chi connectivity index (χ0v) is 22.1. The van der Waals surface area contributed by atoms with E-state index in [9.17, 15) is 18.0 Å². The van der Waals surface area contributed by atoms with E-state index in [2.05, 4.69) is 38.6 Å². The van der Waals surface area contributed by atoms with Crippen molar-refractivity contribution in [2.75, 3.05) is 0 Å². The Morgan fingerprint density at radius 1 is 1.08 bits per heavy atom. The van der Waals surface area contributed by atoms with Gasteiger partial charge in [0, 0.05) is 5.92 Å². The summed E-state index contributed by atoms with van der Waals surface area (Å²) >= 11 is -0.336. The topological polar surface area (TPSA) is 26.3 Å². The average molecular weight is 519 g/mol. The Morgan fingerprint density at radius 2 is 1.83 bits per heavy atom. The number of ketones is 1. The van der Waals surface area contributed by atoms with E-state index in [1.54, 1.807) is 0 Å². The number of rotatable bonds is 6. The van der Waals surface area contributed by atoms with Gasteiger partial charge < -0.3 is 4.74 Å². The van der Waals surface area contributed by atoms with Crippen molar-refractivity contribution in [3.8, 4) is 0 Å². The third kappa shape index (κ3) is 4.73. The number of Topliss-reactive ketones (excluding diaryl/α,β-unsaturated/α-hetero) is 1. The van der Waals surface area contributed by atoms with Crippen LogP contribution in [-0.4, -0.2) is 17.4 Å². The third-order valence-corrected chi connectivity index (χ3v) is 10.9. The maximum Gasteiger partial charge on any atom is 0.446 e. The van der Waals surface area contributed by atoms with Crippen LogP contribution in [0.2, 0.25) is 0 Å². The van der Waals surface area contributed by atoms with E-state index < -0.39 is 5.51 Å². The zero-order chi connectivity index (χ0) is 25.7. The Kier molecular flexibility index (Phi) is 6.99. The maximum atomic E-state index is 13.1. The second-order valence-electron chi connectivity index (χ2n) is 11.9. The molecule has 3 fully saturated rings. The van der Waals surface area contributed by atoms with Crippen LogP contribution in [0.1, 0.15) is 70.8 Å². The summed E-state index contributed by atoms with van der Waals surface area (Å²) in [4.78, 5) is 12.7. The molecule has 3 saturated carbocycles. The van der Waals surface area contributed by atoms with Crippen molar-refractivity contribution < 1.29 is 22.7 Å². The van der Waals surface area contributed by atoms with Crippen molar-refractivity contribution in [2.24, 2.45) is 34.5 Å². The fourth-order valence-electron chi connectivity index (χ4n) is 8.37. The van der Waals surface area contributed by atoms with Gasteiger partial charge in [-0.1, -0.05) is 62.4 Å². The van der Waals surface area contributed by atoms with Gasteiger partial charge in [0.15, 0.2) is 5.78 Å². The molecule has 1 aromatic carbocycles. The molecular formula is C30H37F3O2S. The lowest BCUT2D eigenvalue weighted by Gasteiger charge is -2.58. The number of allylic oxidation sites excluding steroid dienone is 2. The fraction of sp³-hybridized carbons (Fsp3) is 0.633. The Bertz CT molecular complexity index is 1030. The van der Waals surface area contributed by atoms with Crippen LogP contribution in [0.3, 0.4) is 0 Å². The minimum Gasteiger partial charge on any atom is -0.373 e. The molecule has 0 N–H and O–H groups in total. The number of carbonyl (C=O) groups excluding carboxylic acids is 1. The first-order valence-electron chi connectivity index (χ1n) is 13.3. The standard InChI is InChI=1S/C30H37F3O2S/c1-19(36-30(31,32)33)27(34)26-12-11-24-23-10-9-21-17-22(35-18-20-7-5-4-6-8-20)13-15-28(21,2)25(23)14-16-29(24,26)3/h4-9,22-26H,1,10-18H2,2-3H3/t22-,23-,24-,25-,26?,28-,29-/m0/s1. The van der Waals surface area contributed by atoms with E-state index in [1.165, 1.54) is 11.1 Å². The second kappa shape index (κ2) is 9.65.